The summed E-state index contributed by atoms with van der Waals surface area (Å²) in [5.74, 6) is 1.24. The van der Waals surface area contributed by atoms with E-state index in [9.17, 15) is 4.79 Å². The van der Waals surface area contributed by atoms with E-state index in [-0.39, 0.29) is 6.03 Å². The molecule has 6 rings (SSSR count). The van der Waals surface area contributed by atoms with Crippen molar-refractivity contribution in [2.24, 2.45) is 11.0 Å². The first-order chi connectivity index (χ1) is 18.0. The van der Waals surface area contributed by atoms with Crippen LogP contribution in [0.5, 0.6) is 5.75 Å². The lowest BCUT2D eigenvalue weighted by Crippen LogP contribution is -2.41. The van der Waals surface area contributed by atoms with Gasteiger partial charge in [0.25, 0.3) is 0 Å². The van der Waals surface area contributed by atoms with Gasteiger partial charge in [-0.05, 0) is 75.3 Å². The van der Waals surface area contributed by atoms with Crippen LogP contribution < -0.4 is 15.4 Å². The number of hydrazone groups is 1. The quantitative estimate of drug-likeness (QED) is 0.396. The molecule has 2 N–H and O–H groups in total. The van der Waals surface area contributed by atoms with Gasteiger partial charge in [0, 0.05) is 54.3 Å². The van der Waals surface area contributed by atoms with Crippen LogP contribution in [-0.2, 0) is 0 Å². The number of aromatic nitrogens is 1. The maximum absolute atomic E-state index is 12.4. The summed E-state index contributed by atoms with van der Waals surface area (Å²) in [5, 5.41) is 14.3. The molecule has 0 spiro atoms. The average Bonchev–Trinajstić information content (AvgIpc) is 3.32. The normalized spacial score (nSPS) is 19.9. The largest absolute Gasteiger partial charge is 0.494 e. The Morgan fingerprint density at radius 3 is 2.43 bits per heavy atom. The summed E-state index contributed by atoms with van der Waals surface area (Å²) < 4.78 is 8.45. The predicted molar refractivity (Wildman–Crippen MR) is 150 cm³/mol. The molecule has 0 saturated heterocycles. The lowest BCUT2D eigenvalue weighted by molar-refractivity contribution is 0.240. The Morgan fingerprint density at radius 2 is 1.84 bits per heavy atom. The summed E-state index contributed by atoms with van der Waals surface area (Å²) in [7, 11) is 2.05. The van der Waals surface area contributed by atoms with Crippen molar-refractivity contribution in [3.8, 4) is 17.0 Å². The van der Waals surface area contributed by atoms with Crippen LogP contribution in [0.4, 0.5) is 10.5 Å². The summed E-state index contributed by atoms with van der Waals surface area (Å²) in [6, 6.07) is 15.5. The van der Waals surface area contributed by atoms with Gasteiger partial charge in [-0.15, -0.1) is 0 Å². The minimum atomic E-state index is -0.123. The van der Waals surface area contributed by atoms with Crippen LogP contribution in [0.25, 0.3) is 22.2 Å². The van der Waals surface area contributed by atoms with E-state index in [1.54, 1.807) is 0 Å². The fraction of sp³-hybridized carbons (Fsp3) is 0.467. The minimum absolute atomic E-state index is 0.123. The molecule has 1 unspecified atom stereocenters. The summed E-state index contributed by atoms with van der Waals surface area (Å²) in [6.45, 7) is 5.85. The SMILES string of the molecule is CCOc1ccc2c(C3=NN(C)CC3C)c(-c3ccc(NC(=O)NC4CCC4)cc3)n(C3CCC3)c2c1. The molecular formula is C30H37N5O2. The maximum atomic E-state index is 12.4. The second kappa shape index (κ2) is 9.77. The number of nitrogens with one attached hydrogen (secondary N) is 2. The maximum Gasteiger partial charge on any atom is 0.319 e. The van der Waals surface area contributed by atoms with Crippen molar-refractivity contribution in [3.63, 3.8) is 0 Å². The highest BCUT2D eigenvalue weighted by atomic mass is 16.5. The molecule has 1 aromatic heterocycles. The number of fused-ring (bicyclic) bond motifs is 1. The third-order valence-corrected chi connectivity index (χ3v) is 8.12. The molecular weight excluding hydrogens is 462 g/mol. The fourth-order valence-electron chi connectivity index (χ4n) is 5.83. The molecule has 3 aliphatic rings. The third kappa shape index (κ3) is 4.45. The molecule has 2 saturated carbocycles. The molecule has 7 heteroatoms. The zero-order valence-electron chi connectivity index (χ0n) is 22.1. The van der Waals surface area contributed by atoms with Gasteiger partial charge in [0.05, 0.1) is 23.5 Å². The summed E-state index contributed by atoms with van der Waals surface area (Å²) in [6.07, 6.45) is 6.95. The second-order valence-electron chi connectivity index (χ2n) is 10.8. The Bertz CT molecular complexity index is 1330. The molecule has 2 aromatic carbocycles. The highest BCUT2D eigenvalue weighted by molar-refractivity contribution is 6.17. The number of anilines is 1. The van der Waals surface area contributed by atoms with Gasteiger partial charge in [-0.1, -0.05) is 19.1 Å². The van der Waals surface area contributed by atoms with Crippen LogP contribution in [0.3, 0.4) is 0 Å². The van der Waals surface area contributed by atoms with Gasteiger partial charge >= 0.3 is 6.03 Å². The molecule has 1 atom stereocenters. The van der Waals surface area contributed by atoms with Crippen LogP contribution in [0.15, 0.2) is 47.6 Å². The summed E-state index contributed by atoms with van der Waals surface area (Å²) >= 11 is 0. The van der Waals surface area contributed by atoms with Crippen molar-refractivity contribution < 1.29 is 9.53 Å². The predicted octanol–water partition coefficient (Wildman–Crippen LogP) is 6.39. The highest BCUT2D eigenvalue weighted by Crippen LogP contribution is 2.45. The Kier molecular flexibility index (Phi) is 6.31. The number of hydrogen-bond donors (Lipinski definition) is 2. The molecule has 0 bridgehead atoms. The standard InChI is InChI=1S/C30H37N5O2/c1-4-37-24-15-16-25-26(17-24)35(23-9-6-10-23)29(27(25)28-19(2)18-34(3)33-28)20-11-13-22(14-12-20)32-30(36)31-21-7-5-8-21/h11-17,19,21,23H,4-10,18H2,1-3H3,(H2,31,32,36). The zero-order valence-corrected chi connectivity index (χ0v) is 22.1. The molecule has 2 heterocycles. The number of amides is 2. The van der Waals surface area contributed by atoms with Crippen molar-refractivity contribution in [2.45, 2.75) is 64.5 Å². The Labute approximate surface area is 218 Å². The first-order valence-corrected chi connectivity index (χ1v) is 13.8. The van der Waals surface area contributed by atoms with E-state index >= 15 is 0 Å². The molecule has 0 radical (unpaired) electrons. The lowest BCUT2D eigenvalue weighted by Gasteiger charge is -2.30. The minimum Gasteiger partial charge on any atom is -0.494 e. The number of hydrogen-bond acceptors (Lipinski definition) is 4. The van der Waals surface area contributed by atoms with Crippen LogP contribution in [0.1, 0.15) is 64.0 Å². The van der Waals surface area contributed by atoms with Gasteiger partial charge in [-0.2, -0.15) is 5.10 Å². The molecule has 194 valence electrons. The molecule has 2 fully saturated rings. The van der Waals surface area contributed by atoms with E-state index in [2.05, 4.69) is 64.5 Å². The van der Waals surface area contributed by atoms with Gasteiger partial charge in [-0.25, -0.2) is 4.79 Å². The molecule has 2 amide bonds. The van der Waals surface area contributed by atoms with Gasteiger partial charge in [0.15, 0.2) is 0 Å². The van der Waals surface area contributed by atoms with Crippen molar-refractivity contribution in [1.82, 2.24) is 14.9 Å². The van der Waals surface area contributed by atoms with E-state index in [1.165, 1.54) is 47.8 Å². The highest BCUT2D eigenvalue weighted by Gasteiger charge is 2.33. The molecule has 2 aliphatic carbocycles. The monoisotopic (exact) mass is 499 g/mol. The fourth-order valence-corrected chi connectivity index (χ4v) is 5.83. The van der Waals surface area contributed by atoms with E-state index in [0.717, 1.165) is 42.1 Å². The number of rotatable bonds is 7. The zero-order chi connectivity index (χ0) is 25.5. The number of nitrogens with zero attached hydrogens (tertiary/aromatic N) is 3. The van der Waals surface area contributed by atoms with Crippen molar-refractivity contribution >= 4 is 28.3 Å². The van der Waals surface area contributed by atoms with Gasteiger partial charge in [0.2, 0.25) is 0 Å². The first-order valence-electron chi connectivity index (χ1n) is 13.8. The number of ether oxygens (including phenoxy) is 1. The lowest BCUT2D eigenvalue weighted by atomic mass is 9.91. The smallest absolute Gasteiger partial charge is 0.319 e. The van der Waals surface area contributed by atoms with Crippen LogP contribution in [0.2, 0.25) is 0 Å². The van der Waals surface area contributed by atoms with E-state index in [1.807, 2.05) is 19.1 Å². The topological polar surface area (TPSA) is 70.9 Å². The van der Waals surface area contributed by atoms with E-state index < -0.39 is 0 Å². The Hall–Kier alpha value is -3.48. The summed E-state index contributed by atoms with van der Waals surface area (Å²) in [5.41, 5.74) is 6.76. The molecule has 7 nitrogen and oxygen atoms in total. The van der Waals surface area contributed by atoms with Crippen LogP contribution >= 0.6 is 0 Å². The van der Waals surface area contributed by atoms with E-state index in [0.29, 0.717) is 24.6 Å². The van der Waals surface area contributed by atoms with Crippen LogP contribution in [0, 0.1) is 5.92 Å². The average molecular weight is 500 g/mol. The molecule has 1 aliphatic heterocycles. The van der Waals surface area contributed by atoms with Crippen molar-refractivity contribution in [1.29, 1.82) is 0 Å². The van der Waals surface area contributed by atoms with Crippen molar-refractivity contribution in [2.75, 3.05) is 25.5 Å². The number of carbonyl (C=O) groups excluding carboxylic acids is 1. The second-order valence-corrected chi connectivity index (χ2v) is 10.8. The van der Waals surface area contributed by atoms with Crippen molar-refractivity contribution in [3.05, 3.63) is 48.0 Å². The Morgan fingerprint density at radius 1 is 1.08 bits per heavy atom. The van der Waals surface area contributed by atoms with Crippen LogP contribution in [-0.4, -0.2) is 47.6 Å². The van der Waals surface area contributed by atoms with Gasteiger partial charge < -0.3 is 19.9 Å². The van der Waals surface area contributed by atoms with Gasteiger partial charge in [0.1, 0.15) is 5.75 Å². The van der Waals surface area contributed by atoms with Gasteiger partial charge in [-0.3, -0.25) is 5.01 Å². The number of benzene rings is 2. The summed E-state index contributed by atoms with van der Waals surface area (Å²) in [4.78, 5) is 12.4. The van der Waals surface area contributed by atoms with E-state index in [4.69, 9.17) is 9.84 Å². The third-order valence-electron chi connectivity index (χ3n) is 8.12. The first kappa shape index (κ1) is 23.9. The number of urea groups is 1. The molecule has 3 aromatic rings. The Balaban J connectivity index is 1.45. The molecule has 37 heavy (non-hydrogen) atoms. The number of carbonyl (C=O) groups is 1.